The first-order valence-corrected chi connectivity index (χ1v) is 7.94. The minimum atomic E-state index is -0.0483. The van der Waals surface area contributed by atoms with Gasteiger partial charge in [0.2, 0.25) is 5.91 Å². The van der Waals surface area contributed by atoms with Crippen LogP contribution in [0.2, 0.25) is 0 Å². The summed E-state index contributed by atoms with van der Waals surface area (Å²) in [5.74, 6) is -0.110. The van der Waals surface area contributed by atoms with E-state index >= 15 is 0 Å². The standard InChI is InChI=1S/C17H24N2O3/c1-3-19(4-2)17(21)14-7-5-6-8-15(14)18-16(20)13-9-11-22-12-10-13/h5-8,13H,3-4,9-12H2,1-2H3,(H,18,20). The molecule has 0 aromatic heterocycles. The molecule has 1 aromatic rings. The van der Waals surface area contributed by atoms with Crippen LogP contribution in [-0.4, -0.2) is 43.0 Å². The molecule has 1 N–H and O–H groups in total. The summed E-state index contributed by atoms with van der Waals surface area (Å²) in [4.78, 5) is 26.6. The third-order valence-electron chi connectivity index (χ3n) is 4.06. The van der Waals surface area contributed by atoms with Crippen molar-refractivity contribution < 1.29 is 14.3 Å². The van der Waals surface area contributed by atoms with Crippen LogP contribution < -0.4 is 5.32 Å². The summed E-state index contributed by atoms with van der Waals surface area (Å²) in [5.41, 5.74) is 1.14. The van der Waals surface area contributed by atoms with Crippen LogP contribution in [-0.2, 0) is 9.53 Å². The number of benzene rings is 1. The molecule has 5 heteroatoms. The summed E-state index contributed by atoms with van der Waals surface area (Å²) >= 11 is 0. The fourth-order valence-electron chi connectivity index (χ4n) is 2.65. The van der Waals surface area contributed by atoms with E-state index in [1.165, 1.54) is 0 Å². The van der Waals surface area contributed by atoms with Crippen LogP contribution in [0.15, 0.2) is 24.3 Å². The predicted octanol–water partition coefficient (Wildman–Crippen LogP) is 2.53. The van der Waals surface area contributed by atoms with Gasteiger partial charge in [-0.2, -0.15) is 0 Å². The van der Waals surface area contributed by atoms with Gasteiger partial charge in [-0.15, -0.1) is 0 Å². The van der Waals surface area contributed by atoms with E-state index in [0.717, 1.165) is 12.8 Å². The van der Waals surface area contributed by atoms with E-state index in [1.807, 2.05) is 26.0 Å². The van der Waals surface area contributed by atoms with Crippen LogP contribution >= 0.6 is 0 Å². The highest BCUT2D eigenvalue weighted by atomic mass is 16.5. The van der Waals surface area contributed by atoms with E-state index in [1.54, 1.807) is 17.0 Å². The number of hydrogen-bond acceptors (Lipinski definition) is 3. The maximum atomic E-state index is 12.5. The number of nitrogens with one attached hydrogen (secondary N) is 1. The average molecular weight is 304 g/mol. The molecule has 0 saturated carbocycles. The van der Waals surface area contributed by atoms with Crippen molar-refractivity contribution in [2.75, 3.05) is 31.6 Å². The Balaban J connectivity index is 2.14. The van der Waals surface area contributed by atoms with E-state index in [4.69, 9.17) is 4.74 Å². The molecule has 22 heavy (non-hydrogen) atoms. The largest absolute Gasteiger partial charge is 0.381 e. The zero-order valence-corrected chi connectivity index (χ0v) is 13.3. The van der Waals surface area contributed by atoms with Crippen molar-refractivity contribution in [3.05, 3.63) is 29.8 Å². The van der Waals surface area contributed by atoms with Gasteiger partial charge in [-0.25, -0.2) is 0 Å². The van der Waals surface area contributed by atoms with Gasteiger partial charge >= 0.3 is 0 Å². The molecule has 0 radical (unpaired) electrons. The molecule has 2 amide bonds. The number of ether oxygens (including phenoxy) is 1. The zero-order chi connectivity index (χ0) is 15.9. The van der Waals surface area contributed by atoms with Gasteiger partial charge in [0.05, 0.1) is 11.3 Å². The summed E-state index contributed by atoms with van der Waals surface area (Å²) < 4.78 is 5.28. The van der Waals surface area contributed by atoms with Crippen molar-refractivity contribution >= 4 is 17.5 Å². The molecular formula is C17H24N2O3. The van der Waals surface area contributed by atoms with E-state index in [0.29, 0.717) is 37.6 Å². The van der Waals surface area contributed by atoms with Crippen LogP contribution in [0.1, 0.15) is 37.0 Å². The Morgan fingerprint density at radius 2 is 1.82 bits per heavy atom. The molecule has 2 rings (SSSR count). The summed E-state index contributed by atoms with van der Waals surface area (Å²) in [6, 6.07) is 7.20. The van der Waals surface area contributed by atoms with Crippen LogP contribution in [0, 0.1) is 5.92 Å². The third kappa shape index (κ3) is 3.85. The number of para-hydroxylation sites is 1. The van der Waals surface area contributed by atoms with E-state index in [2.05, 4.69) is 5.32 Å². The van der Waals surface area contributed by atoms with Gasteiger partial charge in [-0.05, 0) is 38.8 Å². The van der Waals surface area contributed by atoms with Crippen molar-refractivity contribution in [2.45, 2.75) is 26.7 Å². The molecule has 1 fully saturated rings. The molecule has 0 spiro atoms. The highest BCUT2D eigenvalue weighted by Crippen LogP contribution is 2.21. The summed E-state index contributed by atoms with van der Waals surface area (Å²) in [5, 5.41) is 2.92. The Morgan fingerprint density at radius 1 is 1.18 bits per heavy atom. The number of carbonyl (C=O) groups is 2. The van der Waals surface area contributed by atoms with Gasteiger partial charge in [0.25, 0.3) is 5.91 Å². The second-order valence-electron chi connectivity index (χ2n) is 5.40. The number of amides is 2. The molecule has 0 atom stereocenters. The molecule has 1 heterocycles. The SMILES string of the molecule is CCN(CC)C(=O)c1ccccc1NC(=O)C1CCOCC1. The Labute approximate surface area is 131 Å². The van der Waals surface area contributed by atoms with Gasteiger partial charge in [-0.1, -0.05) is 12.1 Å². The summed E-state index contributed by atoms with van der Waals surface area (Å²) in [7, 11) is 0. The zero-order valence-electron chi connectivity index (χ0n) is 13.3. The Morgan fingerprint density at radius 3 is 2.45 bits per heavy atom. The van der Waals surface area contributed by atoms with Gasteiger partial charge in [0.15, 0.2) is 0 Å². The highest BCUT2D eigenvalue weighted by molar-refractivity contribution is 6.04. The van der Waals surface area contributed by atoms with Crippen LogP contribution in [0.3, 0.4) is 0 Å². The van der Waals surface area contributed by atoms with Crippen LogP contribution in [0.5, 0.6) is 0 Å². The van der Waals surface area contributed by atoms with E-state index in [-0.39, 0.29) is 17.7 Å². The van der Waals surface area contributed by atoms with Crippen molar-refractivity contribution in [3.63, 3.8) is 0 Å². The molecule has 120 valence electrons. The smallest absolute Gasteiger partial charge is 0.255 e. The third-order valence-corrected chi connectivity index (χ3v) is 4.06. The second kappa shape index (κ2) is 7.94. The lowest BCUT2D eigenvalue weighted by Gasteiger charge is -2.23. The fraction of sp³-hybridized carbons (Fsp3) is 0.529. The van der Waals surface area contributed by atoms with Crippen molar-refractivity contribution in [1.29, 1.82) is 0 Å². The number of nitrogens with zero attached hydrogens (tertiary/aromatic N) is 1. The van der Waals surface area contributed by atoms with Crippen molar-refractivity contribution in [1.82, 2.24) is 4.90 Å². The lowest BCUT2D eigenvalue weighted by Crippen LogP contribution is -2.32. The van der Waals surface area contributed by atoms with Crippen LogP contribution in [0.4, 0.5) is 5.69 Å². The summed E-state index contributed by atoms with van der Waals surface area (Å²) in [6.07, 6.45) is 1.47. The van der Waals surface area contributed by atoms with Gasteiger partial charge < -0.3 is 15.0 Å². The maximum absolute atomic E-state index is 12.5. The molecule has 1 aromatic carbocycles. The maximum Gasteiger partial charge on any atom is 0.255 e. The quantitative estimate of drug-likeness (QED) is 0.909. The fourth-order valence-corrected chi connectivity index (χ4v) is 2.65. The monoisotopic (exact) mass is 304 g/mol. The molecule has 0 aliphatic carbocycles. The topological polar surface area (TPSA) is 58.6 Å². The molecule has 0 unspecified atom stereocenters. The molecule has 1 aliphatic rings. The lowest BCUT2D eigenvalue weighted by molar-refractivity contribution is -0.122. The number of rotatable bonds is 5. The lowest BCUT2D eigenvalue weighted by atomic mass is 9.99. The first kappa shape index (κ1) is 16.5. The highest BCUT2D eigenvalue weighted by Gasteiger charge is 2.23. The van der Waals surface area contributed by atoms with Crippen LogP contribution in [0.25, 0.3) is 0 Å². The first-order chi connectivity index (χ1) is 10.7. The van der Waals surface area contributed by atoms with Gasteiger partial charge in [-0.3, -0.25) is 9.59 Å². The molecule has 5 nitrogen and oxygen atoms in total. The number of anilines is 1. The Bertz CT molecular complexity index is 520. The van der Waals surface area contributed by atoms with E-state index in [9.17, 15) is 9.59 Å². The average Bonchev–Trinajstić information content (AvgIpc) is 2.57. The minimum absolute atomic E-state index is 0.0249. The Hall–Kier alpha value is -1.88. The molecule has 1 aliphatic heterocycles. The number of hydrogen-bond donors (Lipinski definition) is 1. The molecule has 0 bridgehead atoms. The van der Waals surface area contributed by atoms with Gasteiger partial charge in [0.1, 0.15) is 0 Å². The Kier molecular flexibility index (Phi) is 5.95. The van der Waals surface area contributed by atoms with Crippen molar-refractivity contribution in [2.24, 2.45) is 5.92 Å². The predicted molar refractivity (Wildman–Crippen MR) is 85.9 cm³/mol. The molecular weight excluding hydrogens is 280 g/mol. The molecule has 1 saturated heterocycles. The second-order valence-corrected chi connectivity index (χ2v) is 5.40. The number of carbonyl (C=O) groups excluding carboxylic acids is 2. The summed E-state index contributed by atoms with van der Waals surface area (Å²) in [6.45, 7) is 6.45. The van der Waals surface area contributed by atoms with E-state index < -0.39 is 0 Å². The van der Waals surface area contributed by atoms with Crippen molar-refractivity contribution in [3.8, 4) is 0 Å². The van der Waals surface area contributed by atoms with Gasteiger partial charge in [0, 0.05) is 32.2 Å². The minimum Gasteiger partial charge on any atom is -0.381 e. The first-order valence-electron chi connectivity index (χ1n) is 7.94. The normalized spacial score (nSPS) is 15.4.